The molecule has 0 aliphatic heterocycles. The highest BCUT2D eigenvalue weighted by Gasteiger charge is 2.18. The molecule has 0 bridgehead atoms. The Morgan fingerprint density at radius 1 is 1.08 bits per heavy atom. The van der Waals surface area contributed by atoms with Crippen molar-refractivity contribution in [3.63, 3.8) is 0 Å². The van der Waals surface area contributed by atoms with E-state index in [1.807, 2.05) is 13.0 Å². The van der Waals surface area contributed by atoms with Crippen molar-refractivity contribution in [3.05, 3.63) is 58.3 Å². The molecule has 3 rings (SSSR count). The molecule has 0 aliphatic carbocycles. The van der Waals surface area contributed by atoms with Crippen LogP contribution >= 0.6 is 23.2 Å². The predicted octanol–water partition coefficient (Wildman–Crippen LogP) is 4.66. The van der Waals surface area contributed by atoms with E-state index in [1.165, 1.54) is 25.4 Å². The summed E-state index contributed by atoms with van der Waals surface area (Å²) in [5.74, 6) is 0.428. The number of fused-ring (bicyclic) bond motifs is 1. The molecule has 1 N–H and O–H groups in total. The average Bonchev–Trinajstić information content (AvgIpc) is 2.58. The fourth-order valence-corrected chi connectivity index (χ4v) is 3.93. The number of sulfonamides is 1. The van der Waals surface area contributed by atoms with Gasteiger partial charge in [0.05, 0.1) is 22.7 Å². The second-order valence-corrected chi connectivity index (χ2v) is 7.86. The maximum absolute atomic E-state index is 12.8. The molecular formula is C17H14Cl2N2O3S. The van der Waals surface area contributed by atoms with Crippen LogP contribution in [0, 0.1) is 6.92 Å². The molecule has 0 spiro atoms. The van der Waals surface area contributed by atoms with Crippen LogP contribution in [0.3, 0.4) is 0 Å². The van der Waals surface area contributed by atoms with E-state index in [1.54, 1.807) is 18.2 Å². The zero-order valence-electron chi connectivity index (χ0n) is 13.4. The quantitative estimate of drug-likeness (QED) is 0.651. The molecule has 0 atom stereocenters. The fraction of sp³-hybridized carbons (Fsp3) is 0.118. The smallest absolute Gasteiger partial charge is 0.262 e. The molecule has 0 radical (unpaired) electrons. The first-order valence-electron chi connectivity index (χ1n) is 7.23. The van der Waals surface area contributed by atoms with E-state index in [0.717, 1.165) is 5.56 Å². The maximum Gasteiger partial charge on any atom is 0.262 e. The lowest BCUT2D eigenvalue weighted by molar-refractivity contribution is 0.417. The first kappa shape index (κ1) is 17.8. The highest BCUT2D eigenvalue weighted by molar-refractivity contribution is 7.92. The summed E-state index contributed by atoms with van der Waals surface area (Å²) in [6, 6.07) is 9.75. The van der Waals surface area contributed by atoms with Gasteiger partial charge in [0, 0.05) is 17.0 Å². The van der Waals surface area contributed by atoms with Gasteiger partial charge in [-0.2, -0.15) is 0 Å². The lowest BCUT2D eigenvalue weighted by Gasteiger charge is -2.13. The fourth-order valence-electron chi connectivity index (χ4n) is 2.43. The Morgan fingerprint density at radius 3 is 2.56 bits per heavy atom. The lowest BCUT2D eigenvalue weighted by atomic mass is 10.2. The van der Waals surface area contributed by atoms with Crippen LogP contribution in [0.5, 0.6) is 5.75 Å². The number of hydrogen-bond acceptors (Lipinski definition) is 4. The number of halogens is 2. The van der Waals surface area contributed by atoms with Crippen molar-refractivity contribution in [3.8, 4) is 5.75 Å². The zero-order valence-corrected chi connectivity index (χ0v) is 15.7. The molecule has 1 heterocycles. The predicted molar refractivity (Wildman–Crippen MR) is 100 cm³/mol. The van der Waals surface area contributed by atoms with Crippen molar-refractivity contribution in [2.45, 2.75) is 11.8 Å². The molecule has 0 fully saturated rings. The van der Waals surface area contributed by atoms with Gasteiger partial charge in [0.2, 0.25) is 0 Å². The van der Waals surface area contributed by atoms with E-state index in [-0.39, 0.29) is 10.0 Å². The number of rotatable bonds is 4. The van der Waals surface area contributed by atoms with E-state index in [2.05, 4.69) is 9.71 Å². The Labute approximate surface area is 155 Å². The van der Waals surface area contributed by atoms with Gasteiger partial charge in [0.25, 0.3) is 10.0 Å². The first-order chi connectivity index (χ1) is 11.8. The minimum absolute atomic E-state index is 0.0505. The normalized spacial score (nSPS) is 11.5. The van der Waals surface area contributed by atoms with E-state index >= 15 is 0 Å². The number of nitrogens with zero attached hydrogens (tertiary/aromatic N) is 1. The highest BCUT2D eigenvalue weighted by Crippen LogP contribution is 2.32. The Balaban J connectivity index is 2.08. The van der Waals surface area contributed by atoms with Crippen LogP contribution < -0.4 is 9.46 Å². The van der Waals surface area contributed by atoms with Gasteiger partial charge in [-0.25, -0.2) is 13.4 Å². The third-order valence-corrected chi connectivity index (χ3v) is 5.64. The summed E-state index contributed by atoms with van der Waals surface area (Å²) in [6.07, 6.45) is 1.43. The van der Waals surface area contributed by atoms with E-state index in [4.69, 9.17) is 27.9 Å². The number of methoxy groups -OCH3 is 1. The number of benzene rings is 2. The van der Waals surface area contributed by atoms with Gasteiger partial charge in [0.15, 0.2) is 0 Å². The molecule has 8 heteroatoms. The van der Waals surface area contributed by atoms with Gasteiger partial charge < -0.3 is 4.74 Å². The molecule has 1 aromatic heterocycles. The summed E-state index contributed by atoms with van der Waals surface area (Å²) < 4.78 is 33.3. The van der Waals surface area contributed by atoms with Crippen molar-refractivity contribution in [1.29, 1.82) is 0 Å². The molecule has 0 aliphatic rings. The number of aromatic nitrogens is 1. The van der Waals surface area contributed by atoms with Crippen molar-refractivity contribution in [2.24, 2.45) is 0 Å². The van der Waals surface area contributed by atoms with Gasteiger partial charge in [-0.3, -0.25) is 4.72 Å². The second kappa shape index (κ2) is 6.71. The molecule has 0 unspecified atom stereocenters. The molecule has 0 saturated heterocycles. The molecule has 0 saturated carbocycles. The van der Waals surface area contributed by atoms with Gasteiger partial charge in [-0.15, -0.1) is 0 Å². The summed E-state index contributed by atoms with van der Waals surface area (Å²) >= 11 is 12.2. The van der Waals surface area contributed by atoms with Crippen LogP contribution in [-0.4, -0.2) is 20.5 Å². The highest BCUT2D eigenvalue weighted by atomic mass is 35.5. The third kappa shape index (κ3) is 3.51. The second-order valence-electron chi connectivity index (χ2n) is 5.41. The number of hydrogen-bond donors (Lipinski definition) is 1. The van der Waals surface area contributed by atoms with Crippen molar-refractivity contribution in [1.82, 2.24) is 4.98 Å². The van der Waals surface area contributed by atoms with Crippen LogP contribution in [0.2, 0.25) is 10.2 Å². The average molecular weight is 397 g/mol. The minimum atomic E-state index is -3.84. The van der Waals surface area contributed by atoms with Crippen LogP contribution in [0.1, 0.15) is 5.56 Å². The van der Waals surface area contributed by atoms with E-state index in [0.29, 0.717) is 27.2 Å². The molecule has 3 aromatic rings. The Bertz CT molecular complexity index is 1070. The molecule has 25 heavy (non-hydrogen) atoms. The van der Waals surface area contributed by atoms with E-state index < -0.39 is 10.0 Å². The molecule has 0 amide bonds. The number of nitrogens with one attached hydrogen (secondary N) is 1. The van der Waals surface area contributed by atoms with Gasteiger partial charge >= 0.3 is 0 Å². The van der Waals surface area contributed by atoms with Crippen LogP contribution in [0.4, 0.5) is 5.69 Å². The molecule has 5 nitrogen and oxygen atoms in total. The monoisotopic (exact) mass is 396 g/mol. The van der Waals surface area contributed by atoms with Gasteiger partial charge in [0.1, 0.15) is 10.9 Å². The summed E-state index contributed by atoms with van der Waals surface area (Å²) in [6.45, 7) is 1.86. The zero-order chi connectivity index (χ0) is 18.2. The Hall–Kier alpha value is -2.02. The van der Waals surface area contributed by atoms with Crippen molar-refractivity contribution in [2.75, 3.05) is 11.8 Å². The summed E-state index contributed by atoms with van der Waals surface area (Å²) in [5, 5.41) is 1.68. The standard InChI is InChI=1S/C17H14Cl2N2O3S/c1-10-3-6-16(24-2)15(7-10)21-25(22,23)11-4-5-12-13(8-11)17(19)20-9-14(12)18/h3-9,21H,1-2H3. The van der Waals surface area contributed by atoms with Crippen LogP contribution in [0.25, 0.3) is 10.8 Å². The SMILES string of the molecule is COc1ccc(C)cc1NS(=O)(=O)c1ccc2c(Cl)cnc(Cl)c2c1. The number of aryl methyl sites for hydroxylation is 1. The van der Waals surface area contributed by atoms with Crippen LogP contribution in [0.15, 0.2) is 47.5 Å². The summed E-state index contributed by atoms with van der Waals surface area (Å²) in [4.78, 5) is 4.00. The van der Waals surface area contributed by atoms with Crippen LogP contribution in [-0.2, 0) is 10.0 Å². The van der Waals surface area contributed by atoms with Crippen molar-refractivity contribution < 1.29 is 13.2 Å². The largest absolute Gasteiger partial charge is 0.495 e. The Morgan fingerprint density at radius 2 is 1.84 bits per heavy atom. The summed E-state index contributed by atoms with van der Waals surface area (Å²) in [5.41, 5.74) is 1.26. The minimum Gasteiger partial charge on any atom is -0.495 e. The topological polar surface area (TPSA) is 68.3 Å². The summed E-state index contributed by atoms with van der Waals surface area (Å²) in [7, 11) is -2.37. The van der Waals surface area contributed by atoms with Gasteiger partial charge in [-0.05, 0) is 36.8 Å². The van der Waals surface area contributed by atoms with Gasteiger partial charge in [-0.1, -0.05) is 35.3 Å². The number of anilines is 1. The van der Waals surface area contributed by atoms with E-state index in [9.17, 15) is 8.42 Å². The Kier molecular flexibility index (Phi) is 4.77. The number of pyridine rings is 1. The first-order valence-corrected chi connectivity index (χ1v) is 9.47. The molecule has 2 aromatic carbocycles. The molecule has 130 valence electrons. The maximum atomic E-state index is 12.8. The number of ether oxygens (including phenoxy) is 1. The molecular weight excluding hydrogens is 383 g/mol. The van der Waals surface area contributed by atoms with Crippen molar-refractivity contribution >= 4 is 49.7 Å². The lowest BCUT2D eigenvalue weighted by Crippen LogP contribution is -2.13. The third-order valence-electron chi connectivity index (χ3n) is 3.67.